The van der Waals surface area contributed by atoms with Crippen LogP contribution in [0.25, 0.3) is 0 Å². The molecule has 0 spiro atoms. The lowest BCUT2D eigenvalue weighted by molar-refractivity contribution is -0.305. The Balaban J connectivity index is 2.21. The van der Waals surface area contributed by atoms with Crippen molar-refractivity contribution in [2.45, 2.75) is 12.8 Å². The number of carboxylic acid groups (broad SMARTS) is 1. The second-order valence-electron chi connectivity index (χ2n) is 4.86. The second-order valence-corrected chi connectivity index (χ2v) is 6.18. The molecule has 0 aromatic heterocycles. The molecule has 1 N–H and O–H groups in total. The lowest BCUT2D eigenvalue weighted by atomic mass is 10.1. The average molecular weight is 409 g/mol. The maximum absolute atomic E-state index is 12.2. The minimum absolute atomic E-state index is 0.132. The third kappa shape index (κ3) is 5.18. The molecule has 0 unspecified atom stereocenters. The van der Waals surface area contributed by atoms with E-state index in [2.05, 4.69) is 26.5 Å². The van der Waals surface area contributed by atoms with Crippen molar-refractivity contribution in [1.82, 2.24) is 5.43 Å². The highest BCUT2D eigenvalue weighted by atomic mass is 79.9. The number of hydrazone groups is 1. The van der Waals surface area contributed by atoms with Gasteiger partial charge in [0.25, 0.3) is 5.91 Å². The maximum Gasteiger partial charge on any atom is 0.272 e. The summed E-state index contributed by atoms with van der Waals surface area (Å²) >= 11 is 9.30. The molecule has 0 atom stereocenters. The standard InChI is InChI=1S/C17H14BrClN2O3/c18-12-7-5-11(6-8-12)15(9-10-16(22)23)20-21-17(24)13-3-1-2-4-14(13)19/h1-8H,9-10H2,(H,21,24)(H,22,23)/p-1/b20-15-. The Morgan fingerprint density at radius 2 is 1.75 bits per heavy atom. The van der Waals surface area contributed by atoms with Crippen LogP contribution in [0.15, 0.2) is 58.1 Å². The van der Waals surface area contributed by atoms with E-state index in [4.69, 9.17) is 11.6 Å². The van der Waals surface area contributed by atoms with Gasteiger partial charge in [-0.2, -0.15) is 5.10 Å². The van der Waals surface area contributed by atoms with E-state index in [1.54, 1.807) is 48.5 Å². The van der Waals surface area contributed by atoms with Gasteiger partial charge in [-0.15, -0.1) is 0 Å². The smallest absolute Gasteiger partial charge is 0.272 e. The minimum Gasteiger partial charge on any atom is -0.550 e. The zero-order chi connectivity index (χ0) is 17.5. The number of hydrogen-bond donors (Lipinski definition) is 1. The van der Waals surface area contributed by atoms with E-state index in [1.807, 2.05) is 0 Å². The van der Waals surface area contributed by atoms with Crippen molar-refractivity contribution in [3.05, 3.63) is 69.2 Å². The first-order valence-corrected chi connectivity index (χ1v) is 8.21. The number of amides is 1. The summed E-state index contributed by atoms with van der Waals surface area (Å²) in [7, 11) is 0. The summed E-state index contributed by atoms with van der Waals surface area (Å²) in [6.07, 6.45) is -0.0658. The van der Waals surface area contributed by atoms with Crippen LogP contribution in [0.2, 0.25) is 5.02 Å². The maximum atomic E-state index is 12.2. The minimum atomic E-state index is -1.18. The van der Waals surface area contributed by atoms with Crippen molar-refractivity contribution in [2.24, 2.45) is 5.10 Å². The molecular formula is C17H13BrClN2O3-. The lowest BCUT2D eigenvalue weighted by Gasteiger charge is -2.09. The Morgan fingerprint density at radius 3 is 2.38 bits per heavy atom. The number of halogens is 2. The van der Waals surface area contributed by atoms with Crippen LogP contribution in [0.3, 0.4) is 0 Å². The molecule has 0 aliphatic heterocycles. The highest BCUT2D eigenvalue weighted by molar-refractivity contribution is 9.10. The van der Waals surface area contributed by atoms with E-state index in [-0.39, 0.29) is 18.4 Å². The van der Waals surface area contributed by atoms with Crippen LogP contribution in [-0.4, -0.2) is 17.6 Å². The summed E-state index contributed by atoms with van der Waals surface area (Å²) in [5, 5.41) is 15.1. The van der Waals surface area contributed by atoms with E-state index in [9.17, 15) is 14.7 Å². The highest BCUT2D eigenvalue weighted by Crippen LogP contribution is 2.15. The molecule has 0 aliphatic rings. The molecule has 124 valence electrons. The third-order valence-electron chi connectivity index (χ3n) is 3.15. The fourth-order valence-electron chi connectivity index (χ4n) is 1.95. The van der Waals surface area contributed by atoms with Crippen LogP contribution < -0.4 is 10.5 Å². The van der Waals surface area contributed by atoms with Gasteiger partial charge in [0.2, 0.25) is 0 Å². The van der Waals surface area contributed by atoms with Gasteiger partial charge in [-0.05, 0) is 42.7 Å². The van der Waals surface area contributed by atoms with Gasteiger partial charge in [0.05, 0.1) is 16.3 Å². The molecule has 7 heteroatoms. The summed E-state index contributed by atoms with van der Waals surface area (Å²) in [4.78, 5) is 22.9. The number of benzene rings is 2. The van der Waals surface area contributed by atoms with Crippen molar-refractivity contribution in [2.75, 3.05) is 0 Å². The van der Waals surface area contributed by atoms with Gasteiger partial charge < -0.3 is 9.90 Å². The molecule has 0 fully saturated rings. The first-order valence-electron chi connectivity index (χ1n) is 7.04. The molecule has 5 nitrogen and oxygen atoms in total. The summed E-state index contributed by atoms with van der Waals surface area (Å²) in [5.74, 6) is -1.65. The summed E-state index contributed by atoms with van der Waals surface area (Å²) in [5.41, 5.74) is 3.85. The van der Waals surface area contributed by atoms with Crippen LogP contribution in [0.5, 0.6) is 0 Å². The Kier molecular flexibility index (Phi) is 6.52. The van der Waals surface area contributed by atoms with Gasteiger partial charge in [-0.25, -0.2) is 5.43 Å². The molecule has 0 aliphatic carbocycles. The lowest BCUT2D eigenvalue weighted by Crippen LogP contribution is -2.24. The van der Waals surface area contributed by atoms with Crippen LogP contribution in [-0.2, 0) is 4.79 Å². The number of nitrogens with zero attached hydrogens (tertiary/aromatic N) is 1. The van der Waals surface area contributed by atoms with Crippen LogP contribution >= 0.6 is 27.5 Å². The van der Waals surface area contributed by atoms with Gasteiger partial charge in [-0.3, -0.25) is 4.79 Å². The van der Waals surface area contributed by atoms with Crippen molar-refractivity contribution in [3.8, 4) is 0 Å². The fraction of sp³-hybridized carbons (Fsp3) is 0.118. The number of hydrogen-bond acceptors (Lipinski definition) is 4. The average Bonchev–Trinajstić information content (AvgIpc) is 2.56. The molecule has 0 bridgehead atoms. The molecule has 2 aromatic carbocycles. The number of carboxylic acids is 1. The monoisotopic (exact) mass is 407 g/mol. The molecule has 0 saturated heterocycles. The number of carbonyl (C=O) groups is 2. The van der Waals surface area contributed by atoms with Gasteiger partial charge in [0.1, 0.15) is 0 Å². The summed E-state index contributed by atoms with van der Waals surface area (Å²) in [6, 6.07) is 13.8. The molecule has 0 radical (unpaired) electrons. The zero-order valence-corrected chi connectivity index (χ0v) is 14.8. The van der Waals surface area contributed by atoms with E-state index < -0.39 is 11.9 Å². The predicted molar refractivity (Wildman–Crippen MR) is 93.8 cm³/mol. The number of aliphatic carboxylic acids is 1. The SMILES string of the molecule is O=C([O-])CC/C(=N/NC(=O)c1ccccc1Cl)c1ccc(Br)cc1. The molecule has 0 heterocycles. The predicted octanol–water partition coefficient (Wildman–Crippen LogP) is 2.77. The first-order chi connectivity index (χ1) is 11.5. The molecule has 0 saturated carbocycles. The van der Waals surface area contributed by atoms with Crippen LogP contribution in [0.4, 0.5) is 0 Å². The molecular weight excluding hydrogens is 396 g/mol. The Morgan fingerprint density at radius 1 is 1.08 bits per heavy atom. The zero-order valence-electron chi connectivity index (χ0n) is 12.5. The van der Waals surface area contributed by atoms with E-state index in [0.29, 0.717) is 16.3 Å². The van der Waals surface area contributed by atoms with Gasteiger partial charge in [0, 0.05) is 10.4 Å². The topological polar surface area (TPSA) is 81.6 Å². The van der Waals surface area contributed by atoms with Crippen molar-refractivity contribution >= 4 is 45.1 Å². The Labute approximate surface area is 152 Å². The number of nitrogens with one attached hydrogen (secondary N) is 1. The van der Waals surface area contributed by atoms with Gasteiger partial charge in [0.15, 0.2) is 0 Å². The van der Waals surface area contributed by atoms with Gasteiger partial charge in [-0.1, -0.05) is 51.8 Å². The Bertz CT molecular complexity index is 776. The number of rotatable bonds is 6. The third-order valence-corrected chi connectivity index (χ3v) is 4.01. The second kappa shape index (κ2) is 8.61. The van der Waals surface area contributed by atoms with Crippen LogP contribution in [0.1, 0.15) is 28.8 Å². The van der Waals surface area contributed by atoms with E-state index >= 15 is 0 Å². The quantitative estimate of drug-likeness (QED) is 0.589. The van der Waals surface area contributed by atoms with Crippen molar-refractivity contribution in [1.29, 1.82) is 0 Å². The van der Waals surface area contributed by atoms with Crippen molar-refractivity contribution < 1.29 is 14.7 Å². The number of carbonyl (C=O) groups excluding carboxylic acids is 2. The van der Waals surface area contributed by atoms with Gasteiger partial charge >= 0.3 is 0 Å². The van der Waals surface area contributed by atoms with Crippen LogP contribution in [0, 0.1) is 0 Å². The highest BCUT2D eigenvalue weighted by Gasteiger charge is 2.10. The molecule has 2 rings (SSSR count). The van der Waals surface area contributed by atoms with E-state index in [0.717, 1.165) is 4.47 Å². The molecule has 1 amide bonds. The van der Waals surface area contributed by atoms with Crippen molar-refractivity contribution in [3.63, 3.8) is 0 Å². The fourth-order valence-corrected chi connectivity index (χ4v) is 2.44. The molecule has 24 heavy (non-hydrogen) atoms. The first kappa shape index (κ1) is 18.2. The normalized spacial score (nSPS) is 11.2. The van der Waals surface area contributed by atoms with E-state index in [1.165, 1.54) is 0 Å². The summed E-state index contributed by atoms with van der Waals surface area (Å²) in [6.45, 7) is 0. The largest absolute Gasteiger partial charge is 0.550 e. The Hall–Kier alpha value is -2.18. The molecule has 2 aromatic rings. The summed E-state index contributed by atoms with van der Waals surface area (Å²) < 4.78 is 0.880.